The highest BCUT2D eigenvalue weighted by Gasteiger charge is 2.15. The van der Waals surface area contributed by atoms with Gasteiger partial charge in [-0.2, -0.15) is 0 Å². The molecule has 0 radical (unpaired) electrons. The summed E-state index contributed by atoms with van der Waals surface area (Å²) < 4.78 is 1.04. The first-order valence-electron chi connectivity index (χ1n) is 7.33. The Bertz CT molecular complexity index is 470. The lowest BCUT2D eigenvalue weighted by Gasteiger charge is -2.20. The summed E-state index contributed by atoms with van der Waals surface area (Å²) in [6.07, 6.45) is 2.63. The van der Waals surface area contributed by atoms with Gasteiger partial charge in [-0.15, -0.1) is 0 Å². The largest absolute Gasteiger partial charge is 0.352 e. The third-order valence-electron chi connectivity index (χ3n) is 3.80. The number of benzene rings is 1. The minimum atomic E-state index is 0.0221. The fourth-order valence-corrected chi connectivity index (χ4v) is 2.87. The summed E-state index contributed by atoms with van der Waals surface area (Å²) in [7, 11) is 0. The van der Waals surface area contributed by atoms with Crippen LogP contribution in [0.25, 0.3) is 0 Å². The quantitative estimate of drug-likeness (QED) is 0.893. The van der Waals surface area contributed by atoms with Gasteiger partial charge in [-0.25, -0.2) is 0 Å². The van der Waals surface area contributed by atoms with Crippen molar-refractivity contribution in [2.24, 2.45) is 5.92 Å². The van der Waals surface area contributed by atoms with E-state index < -0.39 is 0 Å². The zero-order chi connectivity index (χ0) is 14.5. The monoisotopic (exact) mass is 338 g/mol. The Hall–Kier alpha value is -0.870. The van der Waals surface area contributed by atoms with Crippen LogP contribution in [0, 0.1) is 12.8 Å². The Morgan fingerprint density at radius 2 is 2.10 bits per heavy atom. The number of aryl methyl sites for hydroxylation is 1. The fraction of sp³-hybridized carbons (Fsp3) is 0.562. The second-order valence-corrected chi connectivity index (χ2v) is 6.64. The van der Waals surface area contributed by atoms with Crippen molar-refractivity contribution in [2.75, 3.05) is 26.2 Å². The molecule has 20 heavy (non-hydrogen) atoms. The number of halogens is 1. The molecule has 1 N–H and O–H groups in total. The van der Waals surface area contributed by atoms with E-state index in [9.17, 15) is 4.79 Å². The van der Waals surface area contributed by atoms with E-state index >= 15 is 0 Å². The summed E-state index contributed by atoms with van der Waals surface area (Å²) in [6, 6.07) is 5.71. The molecule has 1 heterocycles. The fourth-order valence-electron chi connectivity index (χ4n) is 2.63. The van der Waals surface area contributed by atoms with Gasteiger partial charge in [-0.3, -0.25) is 4.79 Å². The van der Waals surface area contributed by atoms with Gasteiger partial charge in [0.05, 0.1) is 0 Å². The van der Waals surface area contributed by atoms with Crippen molar-refractivity contribution >= 4 is 21.8 Å². The van der Waals surface area contributed by atoms with Gasteiger partial charge in [-0.1, -0.05) is 22.9 Å². The van der Waals surface area contributed by atoms with Gasteiger partial charge < -0.3 is 10.2 Å². The van der Waals surface area contributed by atoms with Crippen LogP contribution in [-0.2, 0) is 0 Å². The highest BCUT2D eigenvalue weighted by molar-refractivity contribution is 9.10. The van der Waals surface area contributed by atoms with Crippen LogP contribution in [0.2, 0.25) is 0 Å². The van der Waals surface area contributed by atoms with Crippen LogP contribution in [0.1, 0.15) is 35.7 Å². The molecule has 0 saturated carbocycles. The van der Waals surface area contributed by atoms with E-state index in [1.807, 2.05) is 25.1 Å². The first kappa shape index (κ1) is 15.5. The lowest BCUT2D eigenvalue weighted by Crippen LogP contribution is -2.34. The molecular weight excluding hydrogens is 316 g/mol. The minimum absolute atomic E-state index is 0.0221. The summed E-state index contributed by atoms with van der Waals surface area (Å²) in [5.41, 5.74) is 1.82. The van der Waals surface area contributed by atoms with Crippen molar-refractivity contribution in [1.29, 1.82) is 0 Å². The van der Waals surface area contributed by atoms with E-state index in [0.717, 1.165) is 28.7 Å². The molecule has 1 aliphatic rings. The van der Waals surface area contributed by atoms with E-state index in [1.54, 1.807) is 0 Å². The molecule has 1 aromatic carbocycles. The topological polar surface area (TPSA) is 32.3 Å². The number of hydrogen-bond donors (Lipinski definition) is 1. The van der Waals surface area contributed by atoms with Crippen molar-refractivity contribution in [1.82, 2.24) is 10.2 Å². The first-order chi connectivity index (χ1) is 9.56. The van der Waals surface area contributed by atoms with E-state index in [2.05, 4.69) is 33.1 Å². The van der Waals surface area contributed by atoms with Gasteiger partial charge in [-0.05, 0) is 62.5 Å². The Morgan fingerprint density at radius 1 is 1.40 bits per heavy atom. The van der Waals surface area contributed by atoms with Gasteiger partial charge in [0.15, 0.2) is 0 Å². The highest BCUT2D eigenvalue weighted by atomic mass is 79.9. The summed E-state index contributed by atoms with van der Waals surface area (Å²) in [5, 5.41) is 3.04. The molecule has 110 valence electrons. The van der Waals surface area contributed by atoms with Crippen molar-refractivity contribution in [3.8, 4) is 0 Å². The molecule has 1 aliphatic heterocycles. The van der Waals surface area contributed by atoms with Crippen LogP contribution < -0.4 is 5.32 Å². The standard InChI is InChI=1S/C16H23BrN2O/c1-12(11-19-7-3-4-8-19)10-18-16(20)14-5-6-15(17)13(2)9-14/h5-6,9,12H,3-4,7-8,10-11H2,1-2H3,(H,18,20). The second-order valence-electron chi connectivity index (χ2n) is 5.79. The molecule has 1 atom stereocenters. The van der Waals surface area contributed by atoms with Crippen molar-refractivity contribution < 1.29 is 4.79 Å². The Labute approximate surface area is 129 Å². The number of carbonyl (C=O) groups excluding carboxylic acids is 1. The number of hydrogen-bond acceptors (Lipinski definition) is 2. The molecule has 1 saturated heterocycles. The Morgan fingerprint density at radius 3 is 2.75 bits per heavy atom. The SMILES string of the molecule is Cc1cc(C(=O)NCC(C)CN2CCCC2)ccc1Br. The molecule has 0 aromatic heterocycles. The predicted molar refractivity (Wildman–Crippen MR) is 86.1 cm³/mol. The molecule has 1 aromatic rings. The van der Waals surface area contributed by atoms with Crippen molar-refractivity contribution in [2.45, 2.75) is 26.7 Å². The second kappa shape index (κ2) is 7.23. The number of nitrogens with zero attached hydrogens (tertiary/aromatic N) is 1. The molecule has 1 fully saturated rings. The third kappa shape index (κ3) is 4.32. The number of nitrogens with one attached hydrogen (secondary N) is 1. The normalized spacial score (nSPS) is 17.1. The number of amides is 1. The average molecular weight is 339 g/mol. The zero-order valence-electron chi connectivity index (χ0n) is 12.3. The maximum Gasteiger partial charge on any atom is 0.251 e. The highest BCUT2D eigenvalue weighted by Crippen LogP contribution is 2.17. The molecule has 0 bridgehead atoms. The molecule has 3 nitrogen and oxygen atoms in total. The maximum atomic E-state index is 12.1. The molecular formula is C16H23BrN2O. The summed E-state index contributed by atoms with van der Waals surface area (Å²) >= 11 is 3.45. The van der Waals surface area contributed by atoms with Gasteiger partial charge in [0.25, 0.3) is 5.91 Å². The number of likely N-dealkylation sites (tertiary alicyclic amines) is 1. The summed E-state index contributed by atoms with van der Waals surface area (Å²) in [6.45, 7) is 8.45. The van der Waals surface area contributed by atoms with E-state index in [4.69, 9.17) is 0 Å². The lowest BCUT2D eigenvalue weighted by molar-refractivity contribution is 0.0945. The summed E-state index contributed by atoms with van der Waals surface area (Å²) in [5.74, 6) is 0.516. The molecule has 4 heteroatoms. The predicted octanol–water partition coefficient (Wildman–Crippen LogP) is 3.22. The molecule has 1 unspecified atom stereocenters. The van der Waals surface area contributed by atoms with Crippen molar-refractivity contribution in [3.63, 3.8) is 0 Å². The van der Waals surface area contributed by atoms with Gasteiger partial charge in [0, 0.05) is 23.1 Å². The van der Waals surface area contributed by atoms with Crippen LogP contribution in [0.15, 0.2) is 22.7 Å². The molecule has 1 amide bonds. The number of rotatable bonds is 5. The van der Waals surface area contributed by atoms with Gasteiger partial charge >= 0.3 is 0 Å². The van der Waals surface area contributed by atoms with Crippen LogP contribution in [0.4, 0.5) is 0 Å². The molecule has 2 rings (SSSR count). The van der Waals surface area contributed by atoms with E-state index in [0.29, 0.717) is 5.92 Å². The van der Waals surface area contributed by atoms with Crippen LogP contribution in [0.5, 0.6) is 0 Å². The molecule has 0 spiro atoms. The van der Waals surface area contributed by atoms with Gasteiger partial charge in [0.1, 0.15) is 0 Å². The zero-order valence-corrected chi connectivity index (χ0v) is 13.9. The average Bonchev–Trinajstić information content (AvgIpc) is 2.92. The minimum Gasteiger partial charge on any atom is -0.352 e. The Balaban J connectivity index is 1.80. The van der Waals surface area contributed by atoms with Gasteiger partial charge in [0.2, 0.25) is 0 Å². The van der Waals surface area contributed by atoms with Crippen LogP contribution in [-0.4, -0.2) is 37.0 Å². The Kier molecular flexibility index (Phi) is 5.61. The lowest BCUT2D eigenvalue weighted by atomic mass is 10.1. The molecule has 0 aliphatic carbocycles. The van der Waals surface area contributed by atoms with Crippen LogP contribution in [0.3, 0.4) is 0 Å². The number of carbonyl (C=O) groups is 1. The maximum absolute atomic E-state index is 12.1. The first-order valence-corrected chi connectivity index (χ1v) is 8.12. The summed E-state index contributed by atoms with van der Waals surface area (Å²) in [4.78, 5) is 14.6. The van der Waals surface area contributed by atoms with Crippen molar-refractivity contribution in [3.05, 3.63) is 33.8 Å². The smallest absolute Gasteiger partial charge is 0.251 e. The van der Waals surface area contributed by atoms with E-state index in [-0.39, 0.29) is 5.91 Å². The van der Waals surface area contributed by atoms with E-state index in [1.165, 1.54) is 25.9 Å². The van der Waals surface area contributed by atoms with Crippen LogP contribution >= 0.6 is 15.9 Å². The third-order valence-corrected chi connectivity index (χ3v) is 4.69.